The van der Waals surface area contributed by atoms with Crippen molar-refractivity contribution in [1.82, 2.24) is 20.1 Å². The van der Waals surface area contributed by atoms with Gasteiger partial charge in [0.15, 0.2) is 5.82 Å². The fourth-order valence-corrected chi connectivity index (χ4v) is 3.52. The minimum Gasteiger partial charge on any atom is -0.352 e. The van der Waals surface area contributed by atoms with Gasteiger partial charge in [0.2, 0.25) is 0 Å². The molecule has 1 aliphatic heterocycles. The number of anilines is 1. The van der Waals surface area contributed by atoms with Crippen molar-refractivity contribution >= 4 is 29.0 Å². The molecule has 1 fully saturated rings. The highest BCUT2D eigenvalue weighted by molar-refractivity contribution is 6.34. The predicted molar refractivity (Wildman–Crippen MR) is 111 cm³/mol. The summed E-state index contributed by atoms with van der Waals surface area (Å²) in [7, 11) is 0. The average molecular weight is 425 g/mol. The van der Waals surface area contributed by atoms with E-state index in [0.29, 0.717) is 26.2 Å². The summed E-state index contributed by atoms with van der Waals surface area (Å²) >= 11 is 6.09. The number of hydrogen-bond donors (Lipinski definition) is 0. The van der Waals surface area contributed by atoms with Crippen molar-refractivity contribution in [3.05, 3.63) is 75.6 Å². The van der Waals surface area contributed by atoms with E-state index in [-0.39, 0.29) is 22.2 Å². The van der Waals surface area contributed by atoms with E-state index in [0.717, 1.165) is 17.1 Å². The van der Waals surface area contributed by atoms with Crippen LogP contribution in [0.3, 0.4) is 0 Å². The van der Waals surface area contributed by atoms with E-state index in [4.69, 9.17) is 11.6 Å². The summed E-state index contributed by atoms with van der Waals surface area (Å²) < 4.78 is 0. The summed E-state index contributed by atoms with van der Waals surface area (Å²) in [5.41, 5.74) is 1.76. The number of piperazine rings is 1. The lowest BCUT2D eigenvalue weighted by molar-refractivity contribution is -0.384. The third kappa shape index (κ3) is 4.06. The standard InChI is InChI=1S/C20H17ClN6O3/c21-17-12-15(27(29)30)3-4-16(17)20(28)26-10-8-25(9-11-26)19-6-5-18(23-24-19)14-2-1-7-22-13-14/h1-7,12-13H,8-11H2. The molecular weight excluding hydrogens is 408 g/mol. The average Bonchev–Trinajstić information content (AvgIpc) is 2.79. The lowest BCUT2D eigenvalue weighted by Gasteiger charge is -2.35. The molecule has 30 heavy (non-hydrogen) atoms. The molecule has 1 saturated heterocycles. The summed E-state index contributed by atoms with van der Waals surface area (Å²) in [4.78, 5) is 30.9. The van der Waals surface area contributed by atoms with Gasteiger partial charge in [-0.3, -0.25) is 19.9 Å². The van der Waals surface area contributed by atoms with Gasteiger partial charge in [-0.15, -0.1) is 10.2 Å². The molecule has 0 unspecified atom stereocenters. The van der Waals surface area contributed by atoms with Crippen molar-refractivity contribution in [3.63, 3.8) is 0 Å². The number of benzene rings is 1. The van der Waals surface area contributed by atoms with E-state index < -0.39 is 4.92 Å². The monoisotopic (exact) mass is 424 g/mol. The molecule has 3 aromatic rings. The Hall–Kier alpha value is -3.59. The van der Waals surface area contributed by atoms with Crippen LogP contribution in [0.1, 0.15) is 10.4 Å². The molecule has 0 bridgehead atoms. The molecule has 0 radical (unpaired) electrons. The van der Waals surface area contributed by atoms with Crippen LogP contribution in [-0.2, 0) is 0 Å². The Labute approximate surface area is 177 Å². The largest absolute Gasteiger partial charge is 0.352 e. The number of nitro benzene ring substituents is 1. The number of non-ortho nitro benzene ring substituents is 1. The first-order chi connectivity index (χ1) is 14.5. The van der Waals surface area contributed by atoms with Crippen LogP contribution in [-0.4, -0.2) is 57.1 Å². The molecule has 0 N–H and O–H groups in total. The van der Waals surface area contributed by atoms with Crippen molar-refractivity contribution in [3.8, 4) is 11.3 Å². The molecule has 3 heterocycles. The normalized spacial score (nSPS) is 13.9. The van der Waals surface area contributed by atoms with Crippen LogP contribution in [0.15, 0.2) is 54.9 Å². The van der Waals surface area contributed by atoms with Crippen molar-refractivity contribution in [2.75, 3.05) is 31.1 Å². The Balaban J connectivity index is 1.40. The van der Waals surface area contributed by atoms with Crippen LogP contribution in [0, 0.1) is 10.1 Å². The van der Waals surface area contributed by atoms with Crippen LogP contribution in [0.2, 0.25) is 5.02 Å². The molecule has 9 nitrogen and oxygen atoms in total. The fourth-order valence-electron chi connectivity index (χ4n) is 3.26. The smallest absolute Gasteiger partial charge is 0.270 e. The number of nitro groups is 1. The van der Waals surface area contributed by atoms with Gasteiger partial charge in [-0.1, -0.05) is 11.6 Å². The lowest BCUT2D eigenvalue weighted by atomic mass is 10.1. The van der Waals surface area contributed by atoms with E-state index >= 15 is 0 Å². The number of nitrogens with zero attached hydrogens (tertiary/aromatic N) is 6. The Kier molecular flexibility index (Phi) is 5.53. The van der Waals surface area contributed by atoms with E-state index in [2.05, 4.69) is 20.1 Å². The molecule has 0 saturated carbocycles. The zero-order chi connectivity index (χ0) is 21.1. The maximum absolute atomic E-state index is 12.8. The first-order valence-electron chi connectivity index (χ1n) is 9.25. The Morgan fingerprint density at radius 2 is 1.87 bits per heavy atom. The van der Waals surface area contributed by atoms with Gasteiger partial charge in [0.05, 0.1) is 21.2 Å². The highest BCUT2D eigenvalue weighted by Gasteiger charge is 2.25. The zero-order valence-electron chi connectivity index (χ0n) is 15.8. The van der Waals surface area contributed by atoms with E-state index in [1.165, 1.54) is 18.2 Å². The summed E-state index contributed by atoms with van der Waals surface area (Å²) in [6.07, 6.45) is 3.44. The third-order valence-corrected chi connectivity index (χ3v) is 5.21. The number of halogens is 1. The molecule has 10 heteroatoms. The summed E-state index contributed by atoms with van der Waals surface area (Å²) in [5.74, 6) is 0.496. The van der Waals surface area contributed by atoms with Crippen LogP contribution in [0.4, 0.5) is 11.5 Å². The minimum atomic E-state index is -0.542. The van der Waals surface area contributed by atoms with Gasteiger partial charge in [0, 0.05) is 56.3 Å². The molecule has 0 spiro atoms. The molecule has 1 aliphatic rings. The first-order valence-corrected chi connectivity index (χ1v) is 9.63. The number of hydrogen-bond acceptors (Lipinski definition) is 7. The van der Waals surface area contributed by atoms with Crippen molar-refractivity contribution in [2.24, 2.45) is 0 Å². The highest BCUT2D eigenvalue weighted by Crippen LogP contribution is 2.25. The quantitative estimate of drug-likeness (QED) is 0.468. The second-order valence-electron chi connectivity index (χ2n) is 6.72. The predicted octanol–water partition coefficient (Wildman–Crippen LogP) is 3.06. The van der Waals surface area contributed by atoms with Gasteiger partial charge >= 0.3 is 0 Å². The lowest BCUT2D eigenvalue weighted by Crippen LogP contribution is -2.49. The minimum absolute atomic E-state index is 0.0773. The maximum Gasteiger partial charge on any atom is 0.270 e. The van der Waals surface area contributed by atoms with E-state index in [1.54, 1.807) is 17.3 Å². The molecule has 152 valence electrons. The van der Waals surface area contributed by atoms with Gasteiger partial charge in [0.25, 0.3) is 11.6 Å². The van der Waals surface area contributed by atoms with Crippen molar-refractivity contribution < 1.29 is 9.72 Å². The third-order valence-electron chi connectivity index (χ3n) is 4.89. The topological polar surface area (TPSA) is 105 Å². The Bertz CT molecular complexity index is 1070. The maximum atomic E-state index is 12.8. The van der Waals surface area contributed by atoms with Gasteiger partial charge in [0.1, 0.15) is 0 Å². The number of amides is 1. The zero-order valence-corrected chi connectivity index (χ0v) is 16.6. The molecule has 1 amide bonds. The van der Waals surface area contributed by atoms with Gasteiger partial charge in [-0.2, -0.15) is 0 Å². The molecule has 4 rings (SSSR count). The van der Waals surface area contributed by atoms with Gasteiger partial charge < -0.3 is 9.80 Å². The summed E-state index contributed by atoms with van der Waals surface area (Å²) in [6, 6.07) is 11.5. The summed E-state index contributed by atoms with van der Waals surface area (Å²) in [5, 5.41) is 19.5. The Morgan fingerprint density at radius 3 is 2.47 bits per heavy atom. The Morgan fingerprint density at radius 1 is 1.07 bits per heavy atom. The van der Waals surface area contributed by atoms with Crippen molar-refractivity contribution in [1.29, 1.82) is 0 Å². The van der Waals surface area contributed by atoms with E-state index in [9.17, 15) is 14.9 Å². The van der Waals surface area contributed by atoms with Crippen LogP contribution in [0.5, 0.6) is 0 Å². The van der Waals surface area contributed by atoms with Crippen LogP contribution >= 0.6 is 11.6 Å². The van der Waals surface area contributed by atoms with Crippen LogP contribution < -0.4 is 4.90 Å². The number of carbonyl (C=O) groups excluding carboxylic acids is 1. The molecule has 2 aromatic heterocycles. The SMILES string of the molecule is O=C(c1ccc([N+](=O)[O-])cc1Cl)N1CCN(c2ccc(-c3cccnc3)nn2)CC1. The molecule has 0 aliphatic carbocycles. The summed E-state index contributed by atoms with van der Waals surface area (Å²) in [6.45, 7) is 2.16. The van der Waals surface area contributed by atoms with Crippen LogP contribution in [0.25, 0.3) is 11.3 Å². The van der Waals surface area contributed by atoms with Crippen molar-refractivity contribution in [2.45, 2.75) is 0 Å². The number of rotatable bonds is 4. The van der Waals surface area contributed by atoms with Gasteiger partial charge in [-0.25, -0.2) is 0 Å². The molecule has 0 atom stereocenters. The number of pyridine rings is 1. The molecule has 1 aromatic carbocycles. The second-order valence-corrected chi connectivity index (χ2v) is 7.13. The fraction of sp³-hybridized carbons (Fsp3) is 0.200. The first kappa shape index (κ1) is 19.7. The number of aromatic nitrogens is 3. The van der Waals surface area contributed by atoms with Gasteiger partial charge in [-0.05, 0) is 30.3 Å². The van der Waals surface area contributed by atoms with E-state index in [1.807, 2.05) is 24.3 Å². The number of carbonyl (C=O) groups is 1. The second kappa shape index (κ2) is 8.42. The highest BCUT2D eigenvalue weighted by atomic mass is 35.5. The molecular formula is C20H17ClN6O3.